The van der Waals surface area contributed by atoms with Gasteiger partial charge in [0, 0.05) is 5.92 Å². The number of ether oxygens (including phenoxy) is 1. The fraction of sp³-hybridized carbons (Fsp3) is 0.600. The third kappa shape index (κ3) is 2.63. The molecule has 1 aromatic rings. The molecule has 4 aliphatic rings. The number of hydrogen-bond acceptors (Lipinski definition) is 1. The van der Waals surface area contributed by atoms with Gasteiger partial charge < -0.3 is 4.74 Å². The fourth-order valence-electron chi connectivity index (χ4n) is 5.34. The highest BCUT2D eigenvalue weighted by Crippen LogP contribution is 2.57. The van der Waals surface area contributed by atoms with Crippen molar-refractivity contribution in [1.82, 2.24) is 0 Å². The first-order valence-electron chi connectivity index (χ1n) is 8.62. The van der Waals surface area contributed by atoms with E-state index in [1.54, 1.807) is 0 Å². The summed E-state index contributed by atoms with van der Waals surface area (Å²) in [5.41, 5.74) is 1.56. The van der Waals surface area contributed by atoms with Crippen molar-refractivity contribution in [1.29, 1.82) is 0 Å². The van der Waals surface area contributed by atoms with Gasteiger partial charge in [-0.05, 0) is 67.9 Å². The van der Waals surface area contributed by atoms with Crippen LogP contribution in [0.1, 0.15) is 56.9 Å². The van der Waals surface area contributed by atoms with Crippen LogP contribution in [-0.2, 0) is 4.74 Å². The van der Waals surface area contributed by atoms with Crippen LogP contribution in [0.3, 0.4) is 0 Å². The summed E-state index contributed by atoms with van der Waals surface area (Å²) >= 11 is 0. The van der Waals surface area contributed by atoms with Crippen LogP contribution in [0.2, 0.25) is 0 Å². The maximum atomic E-state index is 6.35. The molecule has 112 valence electrons. The van der Waals surface area contributed by atoms with Crippen LogP contribution >= 0.6 is 0 Å². The van der Waals surface area contributed by atoms with Crippen molar-refractivity contribution >= 4 is 0 Å². The van der Waals surface area contributed by atoms with Crippen molar-refractivity contribution < 1.29 is 4.74 Å². The van der Waals surface area contributed by atoms with Gasteiger partial charge >= 0.3 is 0 Å². The molecule has 4 fully saturated rings. The van der Waals surface area contributed by atoms with Gasteiger partial charge in [0.15, 0.2) is 0 Å². The van der Waals surface area contributed by atoms with Crippen LogP contribution in [0.5, 0.6) is 0 Å². The predicted octanol–water partition coefficient (Wildman–Crippen LogP) is 5.29. The Morgan fingerprint density at radius 1 is 1.00 bits per heavy atom. The van der Waals surface area contributed by atoms with E-state index in [0.717, 1.165) is 17.8 Å². The van der Waals surface area contributed by atoms with Crippen molar-refractivity contribution in [3.8, 4) is 0 Å². The highest BCUT2D eigenvalue weighted by molar-refractivity contribution is 5.22. The van der Waals surface area contributed by atoms with Crippen molar-refractivity contribution in [2.75, 3.05) is 0 Å². The van der Waals surface area contributed by atoms with Crippen molar-refractivity contribution in [2.24, 2.45) is 17.8 Å². The van der Waals surface area contributed by atoms with Crippen LogP contribution in [0, 0.1) is 17.8 Å². The predicted molar refractivity (Wildman–Crippen MR) is 86.0 cm³/mol. The highest BCUT2D eigenvalue weighted by atomic mass is 16.5. The Hall–Kier alpha value is -1.24. The minimum absolute atomic E-state index is 0.196. The van der Waals surface area contributed by atoms with Crippen LogP contribution in [-0.4, -0.2) is 5.60 Å². The molecule has 21 heavy (non-hydrogen) atoms. The molecule has 4 saturated carbocycles. The highest BCUT2D eigenvalue weighted by Gasteiger charge is 2.52. The molecule has 0 heterocycles. The summed E-state index contributed by atoms with van der Waals surface area (Å²) in [5.74, 6) is 3.30. The molecule has 5 rings (SSSR count). The van der Waals surface area contributed by atoms with E-state index in [9.17, 15) is 0 Å². The Morgan fingerprint density at radius 2 is 1.57 bits per heavy atom. The van der Waals surface area contributed by atoms with Crippen molar-refractivity contribution in [3.63, 3.8) is 0 Å². The van der Waals surface area contributed by atoms with Crippen LogP contribution in [0.25, 0.3) is 0 Å². The van der Waals surface area contributed by atoms with E-state index in [0.29, 0.717) is 5.92 Å². The first kappa shape index (κ1) is 13.4. The molecular formula is C20H26O. The molecule has 0 aromatic heterocycles. The average molecular weight is 282 g/mol. The molecule has 1 unspecified atom stereocenters. The Morgan fingerprint density at radius 3 is 2.14 bits per heavy atom. The van der Waals surface area contributed by atoms with Gasteiger partial charge in [-0.1, -0.05) is 37.3 Å². The summed E-state index contributed by atoms with van der Waals surface area (Å²) in [6.45, 7) is 2.24. The Kier molecular flexibility index (Phi) is 3.32. The van der Waals surface area contributed by atoms with E-state index in [1.807, 2.05) is 6.26 Å². The fourth-order valence-corrected chi connectivity index (χ4v) is 5.34. The molecular weight excluding hydrogens is 256 g/mol. The van der Waals surface area contributed by atoms with Gasteiger partial charge in [-0.3, -0.25) is 0 Å². The molecule has 0 radical (unpaired) electrons. The standard InChI is InChI=1S/C20H26O/c1-15(19-5-3-2-4-6-19)7-8-21-20-12-16-9-17(13-20)11-18(10-16)14-20/h2-8,15-18H,9-14H2,1H3/b8-7-. The van der Waals surface area contributed by atoms with Gasteiger partial charge in [-0.15, -0.1) is 0 Å². The summed E-state index contributed by atoms with van der Waals surface area (Å²) < 4.78 is 6.35. The van der Waals surface area contributed by atoms with Gasteiger partial charge in [0.1, 0.15) is 5.60 Å². The number of rotatable bonds is 4. The molecule has 4 aliphatic carbocycles. The molecule has 1 atom stereocenters. The first-order chi connectivity index (χ1) is 10.2. The third-order valence-electron chi connectivity index (χ3n) is 5.99. The zero-order chi connectivity index (χ0) is 14.3. The zero-order valence-electron chi connectivity index (χ0n) is 13.0. The van der Waals surface area contributed by atoms with Crippen LogP contribution < -0.4 is 0 Å². The topological polar surface area (TPSA) is 9.23 Å². The first-order valence-corrected chi connectivity index (χ1v) is 8.62. The third-order valence-corrected chi connectivity index (χ3v) is 5.99. The molecule has 0 amide bonds. The minimum atomic E-state index is 0.196. The Labute approximate surface area is 128 Å². The average Bonchev–Trinajstić information content (AvgIpc) is 2.46. The van der Waals surface area contributed by atoms with E-state index in [-0.39, 0.29) is 5.60 Å². The number of hydrogen-bond donors (Lipinski definition) is 0. The van der Waals surface area contributed by atoms with E-state index < -0.39 is 0 Å². The summed E-state index contributed by atoms with van der Waals surface area (Å²) in [6.07, 6.45) is 12.6. The summed E-state index contributed by atoms with van der Waals surface area (Å²) in [4.78, 5) is 0. The van der Waals surface area contributed by atoms with Crippen LogP contribution in [0.15, 0.2) is 42.7 Å². The molecule has 0 aliphatic heterocycles. The zero-order valence-corrected chi connectivity index (χ0v) is 13.0. The summed E-state index contributed by atoms with van der Waals surface area (Å²) in [6, 6.07) is 10.7. The van der Waals surface area contributed by atoms with E-state index in [2.05, 4.69) is 43.3 Å². The van der Waals surface area contributed by atoms with Gasteiger partial charge in [-0.25, -0.2) is 0 Å². The van der Waals surface area contributed by atoms with Crippen molar-refractivity contribution in [2.45, 2.75) is 57.0 Å². The van der Waals surface area contributed by atoms with Crippen LogP contribution in [0.4, 0.5) is 0 Å². The van der Waals surface area contributed by atoms with E-state index in [4.69, 9.17) is 4.74 Å². The van der Waals surface area contributed by atoms with Gasteiger partial charge in [0.05, 0.1) is 6.26 Å². The second-order valence-corrected chi connectivity index (χ2v) is 7.75. The van der Waals surface area contributed by atoms with Gasteiger partial charge in [0.2, 0.25) is 0 Å². The molecule has 0 spiro atoms. The quantitative estimate of drug-likeness (QED) is 0.682. The lowest BCUT2D eigenvalue weighted by molar-refractivity contribution is -0.130. The molecule has 1 nitrogen and oxygen atoms in total. The lowest BCUT2D eigenvalue weighted by atomic mass is 9.54. The van der Waals surface area contributed by atoms with E-state index >= 15 is 0 Å². The van der Waals surface area contributed by atoms with E-state index in [1.165, 1.54) is 44.1 Å². The lowest BCUT2D eigenvalue weighted by Gasteiger charge is -2.55. The maximum absolute atomic E-state index is 6.35. The molecule has 1 aromatic carbocycles. The summed E-state index contributed by atoms with van der Waals surface area (Å²) in [5, 5.41) is 0. The second-order valence-electron chi connectivity index (χ2n) is 7.75. The Bertz CT molecular complexity index is 481. The molecule has 4 bridgehead atoms. The molecule has 0 saturated heterocycles. The lowest BCUT2D eigenvalue weighted by Crippen LogP contribution is -2.51. The normalized spacial score (nSPS) is 38.8. The SMILES string of the molecule is CC(/C=C\OC12CC3CC(CC(C3)C1)C2)c1ccccc1. The molecule has 1 heteroatoms. The monoisotopic (exact) mass is 282 g/mol. The largest absolute Gasteiger partial charge is 0.495 e. The smallest absolute Gasteiger partial charge is 0.109 e. The Balaban J connectivity index is 1.41. The maximum Gasteiger partial charge on any atom is 0.109 e. The van der Waals surface area contributed by atoms with Gasteiger partial charge in [0.25, 0.3) is 0 Å². The molecule has 0 N–H and O–H groups in total. The number of benzene rings is 1. The second kappa shape index (κ2) is 5.19. The minimum Gasteiger partial charge on any atom is -0.495 e. The van der Waals surface area contributed by atoms with Gasteiger partial charge in [-0.2, -0.15) is 0 Å². The van der Waals surface area contributed by atoms with Crippen molar-refractivity contribution in [3.05, 3.63) is 48.2 Å². The number of allylic oxidation sites excluding steroid dienone is 1. The summed E-state index contributed by atoms with van der Waals surface area (Å²) in [7, 11) is 0.